The number of hydrogen-bond acceptors (Lipinski definition) is 5. The second kappa shape index (κ2) is 5.56. The van der Waals surface area contributed by atoms with Gasteiger partial charge in [-0.15, -0.1) is 0 Å². The fraction of sp³-hybridized carbons (Fsp3) is 0.286. The van der Waals surface area contributed by atoms with Gasteiger partial charge in [0, 0.05) is 11.6 Å². The van der Waals surface area contributed by atoms with Crippen molar-refractivity contribution in [1.29, 1.82) is 0 Å². The molecule has 0 saturated carbocycles. The summed E-state index contributed by atoms with van der Waals surface area (Å²) in [5.41, 5.74) is 7.69. The number of aromatic nitrogens is 2. The average Bonchev–Trinajstić information content (AvgIpc) is 2.46. The standard InChI is InChI=1S/C14H17N3O2/c1-9(10-6-4-5-7-11(10)15)14-16-12(18-2)8-13(17-14)19-3/h4-9H,15H2,1-3H3. The van der Waals surface area contributed by atoms with Crippen molar-refractivity contribution in [2.75, 3.05) is 20.0 Å². The van der Waals surface area contributed by atoms with E-state index in [4.69, 9.17) is 15.2 Å². The molecule has 0 fully saturated rings. The fourth-order valence-electron chi connectivity index (χ4n) is 1.87. The topological polar surface area (TPSA) is 70.3 Å². The average molecular weight is 259 g/mol. The summed E-state index contributed by atoms with van der Waals surface area (Å²) in [4.78, 5) is 8.70. The van der Waals surface area contributed by atoms with Crippen LogP contribution in [0, 0.1) is 0 Å². The zero-order valence-electron chi connectivity index (χ0n) is 11.3. The zero-order valence-corrected chi connectivity index (χ0v) is 11.3. The summed E-state index contributed by atoms with van der Waals surface area (Å²) >= 11 is 0. The van der Waals surface area contributed by atoms with Crippen LogP contribution in [-0.4, -0.2) is 24.2 Å². The van der Waals surface area contributed by atoms with Crippen LogP contribution < -0.4 is 15.2 Å². The molecule has 0 aliphatic carbocycles. The number of nitrogens with zero attached hydrogens (tertiary/aromatic N) is 2. The van der Waals surface area contributed by atoms with Crippen molar-refractivity contribution >= 4 is 5.69 Å². The largest absolute Gasteiger partial charge is 0.481 e. The van der Waals surface area contributed by atoms with Gasteiger partial charge in [0.25, 0.3) is 0 Å². The second-order valence-electron chi connectivity index (χ2n) is 4.16. The molecule has 2 aromatic rings. The van der Waals surface area contributed by atoms with Crippen LogP contribution in [0.5, 0.6) is 11.8 Å². The highest BCUT2D eigenvalue weighted by Gasteiger charge is 2.16. The molecule has 100 valence electrons. The minimum Gasteiger partial charge on any atom is -0.481 e. The van der Waals surface area contributed by atoms with Crippen LogP contribution in [0.2, 0.25) is 0 Å². The van der Waals surface area contributed by atoms with Gasteiger partial charge in [-0.05, 0) is 11.6 Å². The van der Waals surface area contributed by atoms with Crippen molar-refractivity contribution in [2.45, 2.75) is 12.8 Å². The Balaban J connectivity index is 2.43. The third kappa shape index (κ3) is 2.76. The molecule has 0 saturated heterocycles. The van der Waals surface area contributed by atoms with Gasteiger partial charge < -0.3 is 15.2 Å². The number of para-hydroxylation sites is 1. The first-order chi connectivity index (χ1) is 9.15. The van der Waals surface area contributed by atoms with Crippen molar-refractivity contribution in [3.63, 3.8) is 0 Å². The van der Waals surface area contributed by atoms with Crippen molar-refractivity contribution in [1.82, 2.24) is 9.97 Å². The van der Waals surface area contributed by atoms with E-state index in [1.54, 1.807) is 20.3 Å². The van der Waals surface area contributed by atoms with Crippen LogP contribution in [0.25, 0.3) is 0 Å². The number of rotatable bonds is 4. The van der Waals surface area contributed by atoms with Gasteiger partial charge in [0.2, 0.25) is 11.8 Å². The predicted molar refractivity (Wildman–Crippen MR) is 73.5 cm³/mol. The second-order valence-corrected chi connectivity index (χ2v) is 4.16. The van der Waals surface area contributed by atoms with E-state index in [0.29, 0.717) is 17.6 Å². The summed E-state index contributed by atoms with van der Waals surface area (Å²) in [6.07, 6.45) is 0. The Bertz CT molecular complexity index is 550. The first kappa shape index (κ1) is 13.1. The van der Waals surface area contributed by atoms with E-state index in [2.05, 4.69) is 9.97 Å². The highest BCUT2D eigenvalue weighted by Crippen LogP contribution is 2.28. The normalized spacial score (nSPS) is 11.9. The summed E-state index contributed by atoms with van der Waals surface area (Å²) in [6, 6.07) is 9.32. The summed E-state index contributed by atoms with van der Waals surface area (Å²) in [7, 11) is 3.13. The molecule has 0 radical (unpaired) electrons. The van der Waals surface area contributed by atoms with Gasteiger partial charge >= 0.3 is 0 Å². The first-order valence-corrected chi connectivity index (χ1v) is 5.97. The van der Waals surface area contributed by atoms with E-state index in [1.807, 2.05) is 31.2 Å². The Kier molecular flexibility index (Phi) is 3.85. The molecule has 1 aromatic carbocycles. The summed E-state index contributed by atoms with van der Waals surface area (Å²) in [5.74, 6) is 1.53. The van der Waals surface area contributed by atoms with Gasteiger partial charge in [0.15, 0.2) is 0 Å². The quantitative estimate of drug-likeness (QED) is 0.852. The predicted octanol–water partition coefficient (Wildman–Crippen LogP) is 2.23. The van der Waals surface area contributed by atoms with Crippen molar-refractivity contribution in [3.05, 3.63) is 41.7 Å². The Morgan fingerprint density at radius 3 is 2.16 bits per heavy atom. The van der Waals surface area contributed by atoms with E-state index in [-0.39, 0.29) is 5.92 Å². The van der Waals surface area contributed by atoms with Crippen molar-refractivity contribution < 1.29 is 9.47 Å². The lowest BCUT2D eigenvalue weighted by Gasteiger charge is -2.14. The third-order valence-electron chi connectivity index (χ3n) is 2.96. The molecule has 2 rings (SSSR count). The zero-order chi connectivity index (χ0) is 13.8. The maximum atomic E-state index is 5.98. The molecule has 1 unspecified atom stereocenters. The van der Waals surface area contributed by atoms with Gasteiger partial charge in [0.05, 0.1) is 20.3 Å². The Hall–Kier alpha value is -2.30. The lowest BCUT2D eigenvalue weighted by molar-refractivity contribution is 0.367. The lowest BCUT2D eigenvalue weighted by atomic mass is 9.98. The Labute approximate surface area is 112 Å². The molecule has 0 spiro atoms. The van der Waals surface area contributed by atoms with E-state index < -0.39 is 0 Å². The molecule has 5 heteroatoms. The minimum atomic E-state index is -0.0369. The molecular formula is C14H17N3O2. The lowest BCUT2D eigenvalue weighted by Crippen LogP contribution is -2.07. The summed E-state index contributed by atoms with van der Waals surface area (Å²) in [6.45, 7) is 2.00. The Morgan fingerprint density at radius 2 is 1.63 bits per heavy atom. The summed E-state index contributed by atoms with van der Waals surface area (Å²) < 4.78 is 10.3. The van der Waals surface area contributed by atoms with E-state index in [1.165, 1.54) is 0 Å². The molecular weight excluding hydrogens is 242 g/mol. The number of anilines is 1. The number of ether oxygens (including phenoxy) is 2. The van der Waals surface area contributed by atoms with E-state index >= 15 is 0 Å². The van der Waals surface area contributed by atoms with Gasteiger partial charge in [0.1, 0.15) is 5.82 Å². The minimum absolute atomic E-state index is 0.0369. The van der Waals surface area contributed by atoms with Crippen LogP contribution in [0.15, 0.2) is 30.3 Å². The van der Waals surface area contributed by atoms with Crippen LogP contribution in [-0.2, 0) is 0 Å². The van der Waals surface area contributed by atoms with Crippen LogP contribution in [0.1, 0.15) is 24.2 Å². The molecule has 19 heavy (non-hydrogen) atoms. The van der Waals surface area contributed by atoms with Crippen LogP contribution >= 0.6 is 0 Å². The molecule has 2 N–H and O–H groups in total. The maximum absolute atomic E-state index is 5.98. The Morgan fingerprint density at radius 1 is 1.05 bits per heavy atom. The monoisotopic (exact) mass is 259 g/mol. The molecule has 0 amide bonds. The molecule has 0 bridgehead atoms. The van der Waals surface area contributed by atoms with Crippen LogP contribution in [0.4, 0.5) is 5.69 Å². The smallest absolute Gasteiger partial charge is 0.220 e. The van der Waals surface area contributed by atoms with Crippen LogP contribution in [0.3, 0.4) is 0 Å². The number of hydrogen-bond donors (Lipinski definition) is 1. The fourth-order valence-corrected chi connectivity index (χ4v) is 1.87. The highest BCUT2D eigenvalue weighted by atomic mass is 16.5. The number of nitrogen functional groups attached to an aromatic ring is 1. The van der Waals surface area contributed by atoms with Gasteiger partial charge in [-0.25, -0.2) is 0 Å². The number of benzene rings is 1. The van der Waals surface area contributed by atoms with Crippen molar-refractivity contribution in [2.24, 2.45) is 0 Å². The van der Waals surface area contributed by atoms with Gasteiger partial charge in [-0.3, -0.25) is 0 Å². The summed E-state index contributed by atoms with van der Waals surface area (Å²) in [5, 5.41) is 0. The van der Waals surface area contributed by atoms with E-state index in [9.17, 15) is 0 Å². The SMILES string of the molecule is COc1cc(OC)nc(C(C)c2ccccc2N)n1. The molecule has 1 aromatic heterocycles. The molecule has 0 aliphatic heterocycles. The maximum Gasteiger partial charge on any atom is 0.220 e. The molecule has 1 heterocycles. The van der Waals surface area contributed by atoms with Gasteiger partial charge in [-0.1, -0.05) is 25.1 Å². The third-order valence-corrected chi connectivity index (χ3v) is 2.96. The first-order valence-electron chi connectivity index (χ1n) is 5.97. The highest BCUT2D eigenvalue weighted by molar-refractivity contribution is 5.50. The molecule has 1 atom stereocenters. The number of methoxy groups -OCH3 is 2. The van der Waals surface area contributed by atoms with Crippen molar-refractivity contribution in [3.8, 4) is 11.8 Å². The number of nitrogens with two attached hydrogens (primary N) is 1. The molecule has 5 nitrogen and oxygen atoms in total. The van der Waals surface area contributed by atoms with Gasteiger partial charge in [-0.2, -0.15) is 9.97 Å². The van der Waals surface area contributed by atoms with E-state index in [0.717, 1.165) is 11.3 Å². The molecule has 0 aliphatic rings.